The molecule has 1 aromatic carbocycles. The number of ketones is 1. The van der Waals surface area contributed by atoms with E-state index in [0.29, 0.717) is 13.1 Å². The van der Waals surface area contributed by atoms with Gasteiger partial charge < -0.3 is 9.80 Å². The quantitative estimate of drug-likeness (QED) is 0.765. The van der Waals surface area contributed by atoms with Gasteiger partial charge in [-0.05, 0) is 12.8 Å². The number of hydrogen-bond donors (Lipinski definition) is 0. The van der Waals surface area contributed by atoms with Crippen LogP contribution in [0.15, 0.2) is 30.3 Å². The van der Waals surface area contributed by atoms with E-state index in [9.17, 15) is 9.59 Å². The summed E-state index contributed by atoms with van der Waals surface area (Å²) in [6.07, 6.45) is 1.51. The van der Waals surface area contributed by atoms with Crippen LogP contribution in [0, 0.1) is 5.92 Å². The Bertz CT molecular complexity index is 448. The van der Waals surface area contributed by atoms with Crippen LogP contribution in [0.4, 0.5) is 4.79 Å². The number of carbonyl (C=O) groups is 2. The molecular weight excluding hydrogens is 240 g/mol. The van der Waals surface area contributed by atoms with Crippen molar-refractivity contribution in [1.29, 1.82) is 0 Å². The van der Waals surface area contributed by atoms with E-state index in [4.69, 9.17) is 0 Å². The molecule has 1 fully saturated rings. The first kappa shape index (κ1) is 13.6. The van der Waals surface area contributed by atoms with E-state index in [0.717, 1.165) is 18.4 Å². The van der Waals surface area contributed by atoms with Crippen molar-refractivity contribution in [1.82, 2.24) is 9.80 Å². The number of amides is 2. The third kappa shape index (κ3) is 3.13. The van der Waals surface area contributed by atoms with Gasteiger partial charge in [-0.1, -0.05) is 30.3 Å². The summed E-state index contributed by atoms with van der Waals surface area (Å²) in [6.45, 7) is 1.33. The smallest absolute Gasteiger partial charge is 0.319 e. The van der Waals surface area contributed by atoms with E-state index < -0.39 is 0 Å². The van der Waals surface area contributed by atoms with Crippen molar-refractivity contribution >= 4 is 11.8 Å². The van der Waals surface area contributed by atoms with E-state index in [1.54, 1.807) is 19.0 Å². The number of rotatable bonds is 2. The highest BCUT2D eigenvalue weighted by atomic mass is 16.2. The Hall–Kier alpha value is -1.84. The fourth-order valence-electron chi connectivity index (χ4n) is 2.45. The maximum atomic E-state index is 12.3. The molecule has 4 heteroatoms. The van der Waals surface area contributed by atoms with Crippen molar-refractivity contribution in [2.75, 3.05) is 27.2 Å². The van der Waals surface area contributed by atoms with Crippen molar-refractivity contribution in [3.05, 3.63) is 35.9 Å². The van der Waals surface area contributed by atoms with Gasteiger partial charge in [-0.15, -0.1) is 0 Å². The highest BCUT2D eigenvalue weighted by Crippen LogP contribution is 2.22. The second-order valence-electron chi connectivity index (χ2n) is 5.17. The molecule has 1 aromatic rings. The second-order valence-corrected chi connectivity index (χ2v) is 5.17. The van der Waals surface area contributed by atoms with Gasteiger partial charge in [-0.3, -0.25) is 4.79 Å². The minimum Gasteiger partial charge on any atom is -0.331 e. The Morgan fingerprint density at radius 2 is 1.68 bits per heavy atom. The second kappa shape index (κ2) is 5.87. The predicted octanol–water partition coefficient (Wildman–Crippen LogP) is 2.26. The first-order chi connectivity index (χ1) is 9.09. The number of carbonyl (C=O) groups excluding carboxylic acids is 2. The molecule has 0 spiro atoms. The number of benzene rings is 1. The Labute approximate surface area is 114 Å². The summed E-state index contributed by atoms with van der Waals surface area (Å²) in [4.78, 5) is 27.5. The average Bonchev–Trinajstić information content (AvgIpc) is 2.46. The molecule has 0 aliphatic carbocycles. The van der Waals surface area contributed by atoms with Gasteiger partial charge in [0.2, 0.25) is 0 Å². The molecule has 0 unspecified atom stereocenters. The highest BCUT2D eigenvalue weighted by molar-refractivity contribution is 5.97. The van der Waals surface area contributed by atoms with Crippen molar-refractivity contribution in [3.63, 3.8) is 0 Å². The number of Topliss-reactive ketones (excluding diaryl/α,β-unsaturated/α-hetero) is 1. The molecule has 0 bridgehead atoms. The Morgan fingerprint density at radius 1 is 1.11 bits per heavy atom. The molecule has 2 rings (SSSR count). The summed E-state index contributed by atoms with van der Waals surface area (Å²) < 4.78 is 0. The molecular formula is C15H20N2O2. The minimum absolute atomic E-state index is 0.0330. The summed E-state index contributed by atoms with van der Waals surface area (Å²) in [5, 5.41) is 0. The molecule has 1 saturated heterocycles. The maximum absolute atomic E-state index is 12.3. The predicted molar refractivity (Wildman–Crippen MR) is 74.2 cm³/mol. The summed E-state index contributed by atoms with van der Waals surface area (Å²) in [5.74, 6) is 0.256. The summed E-state index contributed by atoms with van der Waals surface area (Å²) >= 11 is 0. The van der Waals surface area contributed by atoms with Gasteiger partial charge in [0, 0.05) is 38.7 Å². The molecule has 19 heavy (non-hydrogen) atoms. The van der Waals surface area contributed by atoms with Gasteiger partial charge in [0.15, 0.2) is 5.78 Å². The molecule has 0 aromatic heterocycles. The monoisotopic (exact) mass is 260 g/mol. The fraction of sp³-hybridized carbons (Fsp3) is 0.467. The molecule has 0 N–H and O–H groups in total. The molecule has 102 valence electrons. The van der Waals surface area contributed by atoms with Crippen molar-refractivity contribution in [2.24, 2.45) is 5.92 Å². The van der Waals surface area contributed by atoms with Crippen LogP contribution in [-0.2, 0) is 0 Å². The first-order valence-corrected chi connectivity index (χ1v) is 6.65. The molecule has 0 radical (unpaired) electrons. The summed E-state index contributed by atoms with van der Waals surface area (Å²) in [5.41, 5.74) is 0.778. The van der Waals surface area contributed by atoms with Crippen LogP contribution >= 0.6 is 0 Å². The van der Waals surface area contributed by atoms with E-state index >= 15 is 0 Å². The van der Waals surface area contributed by atoms with Gasteiger partial charge in [0.05, 0.1) is 0 Å². The van der Waals surface area contributed by atoms with Gasteiger partial charge in [-0.25, -0.2) is 4.79 Å². The van der Waals surface area contributed by atoms with Crippen LogP contribution in [0.25, 0.3) is 0 Å². The minimum atomic E-state index is 0.0330. The zero-order chi connectivity index (χ0) is 13.8. The Morgan fingerprint density at radius 3 is 2.21 bits per heavy atom. The molecule has 0 saturated carbocycles. The SMILES string of the molecule is CN(C)C(=O)N1CCC(C(=O)c2ccccc2)CC1. The Kier molecular flexibility index (Phi) is 4.20. The lowest BCUT2D eigenvalue weighted by Gasteiger charge is -2.33. The van der Waals surface area contributed by atoms with Crippen molar-refractivity contribution in [2.45, 2.75) is 12.8 Å². The third-order valence-electron chi connectivity index (χ3n) is 3.58. The number of urea groups is 1. The van der Waals surface area contributed by atoms with E-state index in [1.807, 2.05) is 35.2 Å². The Balaban J connectivity index is 1.94. The average molecular weight is 260 g/mol. The summed E-state index contributed by atoms with van der Waals surface area (Å²) in [7, 11) is 3.51. The fourth-order valence-corrected chi connectivity index (χ4v) is 2.45. The van der Waals surface area contributed by atoms with Crippen LogP contribution in [0.1, 0.15) is 23.2 Å². The largest absolute Gasteiger partial charge is 0.331 e. The van der Waals surface area contributed by atoms with E-state index in [1.165, 1.54) is 0 Å². The standard InChI is InChI=1S/C15H20N2O2/c1-16(2)15(19)17-10-8-13(9-11-17)14(18)12-6-4-3-5-7-12/h3-7,13H,8-11H2,1-2H3. The molecule has 2 amide bonds. The van der Waals surface area contributed by atoms with Gasteiger partial charge in [-0.2, -0.15) is 0 Å². The maximum Gasteiger partial charge on any atom is 0.319 e. The number of hydrogen-bond acceptors (Lipinski definition) is 2. The number of likely N-dealkylation sites (tertiary alicyclic amines) is 1. The molecule has 0 atom stereocenters. The lowest BCUT2D eigenvalue weighted by molar-refractivity contribution is 0.0843. The molecule has 4 nitrogen and oxygen atoms in total. The zero-order valence-electron chi connectivity index (χ0n) is 11.5. The van der Waals surface area contributed by atoms with Gasteiger partial charge >= 0.3 is 6.03 Å². The van der Waals surface area contributed by atoms with Gasteiger partial charge in [0.1, 0.15) is 0 Å². The topological polar surface area (TPSA) is 40.6 Å². The number of nitrogens with zero attached hydrogens (tertiary/aromatic N) is 2. The van der Waals surface area contributed by atoms with Crippen LogP contribution in [-0.4, -0.2) is 48.8 Å². The molecule has 1 aliphatic rings. The van der Waals surface area contributed by atoms with Crippen LogP contribution < -0.4 is 0 Å². The zero-order valence-corrected chi connectivity index (χ0v) is 11.5. The molecule has 1 aliphatic heterocycles. The highest BCUT2D eigenvalue weighted by Gasteiger charge is 2.28. The first-order valence-electron chi connectivity index (χ1n) is 6.65. The third-order valence-corrected chi connectivity index (χ3v) is 3.58. The van der Waals surface area contributed by atoms with E-state index in [2.05, 4.69) is 0 Å². The van der Waals surface area contributed by atoms with Crippen LogP contribution in [0.5, 0.6) is 0 Å². The van der Waals surface area contributed by atoms with Crippen LogP contribution in [0.2, 0.25) is 0 Å². The summed E-state index contributed by atoms with van der Waals surface area (Å²) in [6, 6.07) is 9.44. The van der Waals surface area contributed by atoms with Gasteiger partial charge in [0.25, 0.3) is 0 Å². The lowest BCUT2D eigenvalue weighted by Crippen LogP contribution is -2.44. The van der Waals surface area contributed by atoms with Crippen LogP contribution in [0.3, 0.4) is 0 Å². The van der Waals surface area contributed by atoms with E-state index in [-0.39, 0.29) is 17.7 Å². The van der Waals surface area contributed by atoms with Crippen molar-refractivity contribution in [3.8, 4) is 0 Å². The molecule has 1 heterocycles. The number of piperidine rings is 1. The van der Waals surface area contributed by atoms with Crippen molar-refractivity contribution < 1.29 is 9.59 Å². The normalized spacial score (nSPS) is 16.2. The lowest BCUT2D eigenvalue weighted by atomic mass is 9.89.